The summed E-state index contributed by atoms with van der Waals surface area (Å²) in [6, 6.07) is 5.13. The molecule has 1 spiro atoms. The van der Waals surface area contributed by atoms with Crippen LogP contribution in [0.25, 0.3) is 0 Å². The quantitative estimate of drug-likeness (QED) is 0.641. The van der Waals surface area contributed by atoms with Crippen molar-refractivity contribution in [2.24, 2.45) is 10.4 Å². The zero-order valence-electron chi connectivity index (χ0n) is 15.3. The number of nitrogens with zero attached hydrogens (tertiary/aromatic N) is 2. The Balaban J connectivity index is 1.42. The standard InChI is InChI=1S/C20H27ClFN3O/c1-2-23-19(25-9-6-20(13-25)7-10-26-11-8-20)24-17-12-14(17)18-15(21)4-3-5-16(18)22/h3-5,14,17H,2,6-13H2,1H3,(H,23,24). The second kappa shape index (κ2) is 7.35. The molecule has 26 heavy (non-hydrogen) atoms. The molecule has 4 rings (SSSR count). The Morgan fingerprint density at radius 1 is 1.38 bits per heavy atom. The highest BCUT2D eigenvalue weighted by atomic mass is 35.5. The second-order valence-electron chi connectivity index (χ2n) is 7.81. The van der Waals surface area contributed by atoms with E-state index in [9.17, 15) is 4.39 Å². The normalized spacial score (nSPS) is 27.8. The van der Waals surface area contributed by atoms with Crippen LogP contribution in [0.3, 0.4) is 0 Å². The van der Waals surface area contributed by atoms with Crippen LogP contribution in [0.1, 0.15) is 44.1 Å². The largest absolute Gasteiger partial charge is 0.381 e. The van der Waals surface area contributed by atoms with Crippen LogP contribution in [0.15, 0.2) is 23.2 Å². The molecule has 1 aliphatic carbocycles. The molecule has 4 nitrogen and oxygen atoms in total. The van der Waals surface area contributed by atoms with Gasteiger partial charge >= 0.3 is 0 Å². The molecule has 2 unspecified atom stereocenters. The smallest absolute Gasteiger partial charge is 0.194 e. The summed E-state index contributed by atoms with van der Waals surface area (Å²) >= 11 is 6.23. The number of hydrogen-bond acceptors (Lipinski definition) is 2. The van der Waals surface area contributed by atoms with E-state index in [-0.39, 0.29) is 17.8 Å². The average molecular weight is 380 g/mol. The maximum atomic E-state index is 14.2. The van der Waals surface area contributed by atoms with Crippen molar-refractivity contribution in [1.82, 2.24) is 10.2 Å². The molecule has 1 aromatic carbocycles. The third-order valence-corrected chi connectivity index (χ3v) is 6.40. The Morgan fingerprint density at radius 2 is 2.19 bits per heavy atom. The van der Waals surface area contributed by atoms with Gasteiger partial charge in [0.1, 0.15) is 5.82 Å². The van der Waals surface area contributed by atoms with Crippen molar-refractivity contribution in [3.63, 3.8) is 0 Å². The minimum atomic E-state index is -0.205. The Bertz CT molecular complexity index is 669. The first kappa shape index (κ1) is 18.1. The number of ether oxygens (including phenoxy) is 1. The van der Waals surface area contributed by atoms with Crippen LogP contribution < -0.4 is 5.32 Å². The Kier molecular flexibility index (Phi) is 5.11. The fraction of sp³-hybridized carbons (Fsp3) is 0.650. The predicted octanol–water partition coefficient (Wildman–Crippen LogP) is 3.80. The molecule has 1 aromatic rings. The van der Waals surface area contributed by atoms with Crippen molar-refractivity contribution >= 4 is 17.6 Å². The molecule has 0 bridgehead atoms. The topological polar surface area (TPSA) is 36.9 Å². The summed E-state index contributed by atoms with van der Waals surface area (Å²) in [5.41, 5.74) is 1.02. The van der Waals surface area contributed by atoms with E-state index in [0.29, 0.717) is 16.0 Å². The summed E-state index contributed by atoms with van der Waals surface area (Å²) in [6.07, 6.45) is 4.38. The highest BCUT2D eigenvalue weighted by molar-refractivity contribution is 6.31. The van der Waals surface area contributed by atoms with Gasteiger partial charge in [0, 0.05) is 55.4 Å². The van der Waals surface area contributed by atoms with Gasteiger partial charge in [-0.3, -0.25) is 4.99 Å². The van der Waals surface area contributed by atoms with Gasteiger partial charge < -0.3 is 15.0 Å². The van der Waals surface area contributed by atoms with Crippen LogP contribution in [0.4, 0.5) is 4.39 Å². The lowest BCUT2D eigenvalue weighted by Gasteiger charge is -2.33. The number of rotatable bonds is 3. The summed E-state index contributed by atoms with van der Waals surface area (Å²) < 4.78 is 19.7. The highest BCUT2D eigenvalue weighted by Gasteiger charge is 2.44. The van der Waals surface area contributed by atoms with Crippen molar-refractivity contribution in [3.05, 3.63) is 34.6 Å². The number of halogens is 2. The van der Waals surface area contributed by atoms with Crippen LogP contribution in [-0.2, 0) is 4.74 Å². The van der Waals surface area contributed by atoms with Crippen molar-refractivity contribution in [1.29, 1.82) is 0 Å². The van der Waals surface area contributed by atoms with Gasteiger partial charge in [-0.25, -0.2) is 4.39 Å². The molecule has 142 valence electrons. The van der Waals surface area contributed by atoms with E-state index in [1.807, 2.05) is 0 Å². The first-order valence-electron chi connectivity index (χ1n) is 9.69. The Morgan fingerprint density at radius 3 is 2.92 bits per heavy atom. The average Bonchev–Trinajstić information content (AvgIpc) is 3.26. The van der Waals surface area contributed by atoms with Gasteiger partial charge in [-0.2, -0.15) is 0 Å². The van der Waals surface area contributed by atoms with E-state index in [0.717, 1.165) is 58.1 Å². The number of hydrogen-bond donors (Lipinski definition) is 1. The van der Waals surface area contributed by atoms with E-state index in [4.69, 9.17) is 21.3 Å². The van der Waals surface area contributed by atoms with Crippen molar-refractivity contribution < 1.29 is 9.13 Å². The molecule has 2 aliphatic heterocycles. The number of guanidine groups is 1. The van der Waals surface area contributed by atoms with Crippen molar-refractivity contribution in [2.75, 3.05) is 32.8 Å². The minimum Gasteiger partial charge on any atom is -0.381 e. The summed E-state index contributed by atoms with van der Waals surface area (Å²) in [5, 5.41) is 4.10. The van der Waals surface area contributed by atoms with Crippen LogP contribution >= 0.6 is 11.6 Å². The lowest BCUT2D eigenvalue weighted by atomic mass is 9.80. The van der Waals surface area contributed by atoms with E-state index in [2.05, 4.69) is 17.1 Å². The molecule has 1 saturated carbocycles. The lowest BCUT2D eigenvalue weighted by molar-refractivity contribution is 0.0217. The number of aliphatic imine (C=N–C) groups is 1. The third kappa shape index (κ3) is 3.56. The first-order valence-corrected chi connectivity index (χ1v) is 10.1. The number of likely N-dealkylation sites (tertiary alicyclic amines) is 1. The molecule has 0 aromatic heterocycles. The zero-order valence-corrected chi connectivity index (χ0v) is 16.1. The van der Waals surface area contributed by atoms with Crippen molar-refractivity contribution in [2.45, 2.75) is 44.6 Å². The Hall–Kier alpha value is -1.33. The molecule has 2 heterocycles. The lowest BCUT2D eigenvalue weighted by Crippen LogP contribution is -2.43. The zero-order chi connectivity index (χ0) is 18.1. The summed E-state index contributed by atoms with van der Waals surface area (Å²) in [6.45, 7) is 6.62. The number of nitrogens with one attached hydrogen (secondary N) is 1. The molecular formula is C20H27ClFN3O. The minimum absolute atomic E-state index is 0.130. The molecule has 2 atom stereocenters. The number of benzene rings is 1. The van der Waals surface area contributed by atoms with Gasteiger partial charge in [0.2, 0.25) is 0 Å². The van der Waals surface area contributed by atoms with E-state index < -0.39 is 0 Å². The Labute approximate surface area is 159 Å². The maximum Gasteiger partial charge on any atom is 0.194 e. The molecule has 1 N–H and O–H groups in total. The first-order chi connectivity index (χ1) is 12.6. The van der Waals surface area contributed by atoms with Crippen LogP contribution in [0, 0.1) is 11.2 Å². The second-order valence-corrected chi connectivity index (χ2v) is 8.22. The fourth-order valence-electron chi connectivity index (χ4n) is 4.42. The molecule has 0 radical (unpaired) electrons. The van der Waals surface area contributed by atoms with Crippen molar-refractivity contribution in [3.8, 4) is 0 Å². The van der Waals surface area contributed by atoms with Crippen LogP contribution in [0.5, 0.6) is 0 Å². The van der Waals surface area contributed by atoms with E-state index >= 15 is 0 Å². The van der Waals surface area contributed by atoms with Gasteiger partial charge in [-0.05, 0) is 50.2 Å². The highest BCUT2D eigenvalue weighted by Crippen LogP contribution is 2.45. The summed E-state index contributed by atoms with van der Waals surface area (Å²) in [4.78, 5) is 7.09. The molecule has 2 saturated heterocycles. The van der Waals surface area contributed by atoms with Gasteiger partial charge in [-0.15, -0.1) is 0 Å². The van der Waals surface area contributed by atoms with Crippen LogP contribution in [-0.4, -0.2) is 49.7 Å². The van der Waals surface area contributed by atoms with Gasteiger partial charge in [0.25, 0.3) is 0 Å². The van der Waals surface area contributed by atoms with E-state index in [1.165, 1.54) is 12.5 Å². The molecular weight excluding hydrogens is 353 g/mol. The molecule has 6 heteroatoms. The molecule has 0 amide bonds. The maximum absolute atomic E-state index is 14.2. The van der Waals surface area contributed by atoms with Crippen LogP contribution in [0.2, 0.25) is 5.02 Å². The SMILES string of the molecule is CCN=C(NC1CC1c1c(F)cccc1Cl)N1CCC2(CCOCC2)C1. The molecule has 3 fully saturated rings. The van der Waals surface area contributed by atoms with E-state index in [1.54, 1.807) is 12.1 Å². The third-order valence-electron chi connectivity index (χ3n) is 6.07. The predicted molar refractivity (Wildman–Crippen MR) is 102 cm³/mol. The fourth-order valence-corrected chi connectivity index (χ4v) is 4.72. The monoisotopic (exact) mass is 379 g/mol. The molecule has 3 aliphatic rings. The van der Waals surface area contributed by atoms with Gasteiger partial charge in [0.05, 0.1) is 0 Å². The summed E-state index contributed by atoms with van der Waals surface area (Å²) in [7, 11) is 0. The summed E-state index contributed by atoms with van der Waals surface area (Å²) in [5.74, 6) is 0.893. The van der Waals surface area contributed by atoms with Gasteiger partial charge in [0.15, 0.2) is 5.96 Å². The van der Waals surface area contributed by atoms with Gasteiger partial charge in [-0.1, -0.05) is 17.7 Å².